The Bertz CT molecular complexity index is 763. The second kappa shape index (κ2) is 6.36. The van der Waals surface area contributed by atoms with Gasteiger partial charge in [0.1, 0.15) is 6.54 Å². The van der Waals surface area contributed by atoms with Gasteiger partial charge in [0.25, 0.3) is 5.56 Å². The van der Waals surface area contributed by atoms with Gasteiger partial charge in [-0.05, 0) is 19.1 Å². The first-order chi connectivity index (χ1) is 10.1. The molecule has 0 spiro atoms. The van der Waals surface area contributed by atoms with Crippen molar-refractivity contribution in [2.45, 2.75) is 13.5 Å². The number of hydrogen-bond acceptors (Lipinski definition) is 4. The van der Waals surface area contributed by atoms with Crippen LogP contribution in [0, 0.1) is 0 Å². The summed E-state index contributed by atoms with van der Waals surface area (Å²) in [6, 6.07) is 6.64. The molecule has 0 aliphatic rings. The lowest BCUT2D eigenvalue weighted by atomic mass is 10.2. The molecule has 1 aromatic carbocycles. The maximum absolute atomic E-state index is 12.3. The van der Waals surface area contributed by atoms with E-state index in [1.165, 1.54) is 4.90 Å². The number of hydrogen-bond donors (Lipinski definition) is 2. The molecule has 0 bridgehead atoms. The Morgan fingerprint density at radius 3 is 2.71 bits per heavy atom. The number of aliphatic hydroxyl groups is 1. The van der Waals surface area contributed by atoms with E-state index in [0.29, 0.717) is 17.4 Å². The van der Waals surface area contributed by atoms with Crippen molar-refractivity contribution in [3.05, 3.63) is 45.1 Å². The van der Waals surface area contributed by atoms with E-state index in [-0.39, 0.29) is 25.6 Å². The van der Waals surface area contributed by atoms with E-state index < -0.39 is 11.2 Å². The predicted molar refractivity (Wildman–Crippen MR) is 78.2 cm³/mol. The van der Waals surface area contributed by atoms with Crippen LogP contribution in [0.4, 0.5) is 0 Å². The molecule has 0 aliphatic carbocycles. The third-order valence-electron chi connectivity index (χ3n) is 3.29. The molecular formula is C14H17N3O4. The first-order valence-corrected chi connectivity index (χ1v) is 6.69. The second-order valence-electron chi connectivity index (χ2n) is 4.56. The van der Waals surface area contributed by atoms with Crippen LogP contribution >= 0.6 is 0 Å². The zero-order valence-electron chi connectivity index (χ0n) is 11.7. The first-order valence-electron chi connectivity index (χ1n) is 6.69. The Kier molecular flexibility index (Phi) is 4.54. The third-order valence-corrected chi connectivity index (χ3v) is 3.29. The van der Waals surface area contributed by atoms with Crippen LogP contribution in [0.15, 0.2) is 33.9 Å². The number of aliphatic hydroxyl groups excluding tert-OH is 1. The Balaban J connectivity index is 2.41. The molecule has 0 atom stereocenters. The Morgan fingerprint density at radius 2 is 2.05 bits per heavy atom. The van der Waals surface area contributed by atoms with E-state index in [1.807, 2.05) is 0 Å². The average molecular weight is 291 g/mol. The van der Waals surface area contributed by atoms with Crippen LogP contribution in [0.25, 0.3) is 10.9 Å². The van der Waals surface area contributed by atoms with Gasteiger partial charge >= 0.3 is 5.69 Å². The number of carbonyl (C=O) groups is 1. The molecule has 0 unspecified atom stereocenters. The van der Waals surface area contributed by atoms with Crippen molar-refractivity contribution in [3.8, 4) is 0 Å². The van der Waals surface area contributed by atoms with Gasteiger partial charge < -0.3 is 15.0 Å². The molecule has 1 amide bonds. The molecule has 1 heterocycles. The fourth-order valence-electron chi connectivity index (χ4n) is 2.16. The molecule has 0 saturated heterocycles. The van der Waals surface area contributed by atoms with E-state index in [9.17, 15) is 14.4 Å². The van der Waals surface area contributed by atoms with Crippen molar-refractivity contribution in [2.75, 3.05) is 19.7 Å². The van der Waals surface area contributed by atoms with Crippen molar-refractivity contribution >= 4 is 16.8 Å². The van der Waals surface area contributed by atoms with Gasteiger partial charge in [-0.15, -0.1) is 0 Å². The molecule has 0 radical (unpaired) electrons. The van der Waals surface area contributed by atoms with Crippen molar-refractivity contribution in [1.29, 1.82) is 0 Å². The number of benzene rings is 1. The lowest BCUT2D eigenvalue weighted by Crippen LogP contribution is -2.43. The number of rotatable bonds is 5. The highest BCUT2D eigenvalue weighted by molar-refractivity contribution is 5.78. The zero-order chi connectivity index (χ0) is 15.4. The second-order valence-corrected chi connectivity index (χ2v) is 4.56. The summed E-state index contributed by atoms with van der Waals surface area (Å²) in [6.45, 7) is 1.84. The van der Waals surface area contributed by atoms with Gasteiger partial charge in [0.2, 0.25) is 5.91 Å². The van der Waals surface area contributed by atoms with E-state index in [0.717, 1.165) is 4.57 Å². The van der Waals surface area contributed by atoms with Gasteiger partial charge in [-0.1, -0.05) is 12.1 Å². The minimum absolute atomic E-state index is 0.164. The van der Waals surface area contributed by atoms with Gasteiger partial charge in [0, 0.05) is 13.1 Å². The number of aromatic nitrogens is 2. The monoisotopic (exact) mass is 291 g/mol. The first kappa shape index (κ1) is 15.0. The van der Waals surface area contributed by atoms with Crippen LogP contribution in [-0.4, -0.2) is 45.2 Å². The van der Waals surface area contributed by atoms with Gasteiger partial charge in [-0.3, -0.25) is 14.2 Å². The minimum Gasteiger partial charge on any atom is -0.395 e. The van der Waals surface area contributed by atoms with Crippen LogP contribution < -0.4 is 11.2 Å². The highest BCUT2D eigenvalue weighted by atomic mass is 16.3. The number of nitrogens with one attached hydrogen (secondary N) is 1. The summed E-state index contributed by atoms with van der Waals surface area (Å²) in [5.41, 5.74) is -0.672. The lowest BCUT2D eigenvalue weighted by Gasteiger charge is -2.19. The van der Waals surface area contributed by atoms with Crippen molar-refractivity contribution in [1.82, 2.24) is 14.5 Å². The molecule has 2 rings (SSSR count). The number of H-pyrrole nitrogens is 1. The van der Waals surface area contributed by atoms with Crippen molar-refractivity contribution in [2.24, 2.45) is 0 Å². The summed E-state index contributed by atoms with van der Waals surface area (Å²) in [4.78, 5) is 40.3. The largest absolute Gasteiger partial charge is 0.395 e. The van der Waals surface area contributed by atoms with Crippen LogP contribution in [0.2, 0.25) is 0 Å². The number of para-hydroxylation sites is 1. The molecule has 0 saturated carbocycles. The molecule has 21 heavy (non-hydrogen) atoms. The van der Waals surface area contributed by atoms with Crippen molar-refractivity contribution in [3.63, 3.8) is 0 Å². The highest BCUT2D eigenvalue weighted by Crippen LogP contribution is 2.03. The number of fused-ring (bicyclic) bond motifs is 1. The van der Waals surface area contributed by atoms with E-state index >= 15 is 0 Å². The molecule has 2 N–H and O–H groups in total. The molecule has 7 heteroatoms. The fraction of sp³-hybridized carbons (Fsp3) is 0.357. The van der Waals surface area contributed by atoms with Gasteiger partial charge in [0.15, 0.2) is 0 Å². The van der Waals surface area contributed by atoms with Crippen LogP contribution in [0.3, 0.4) is 0 Å². The summed E-state index contributed by atoms with van der Waals surface area (Å²) in [6.07, 6.45) is 0. The fourth-order valence-corrected chi connectivity index (χ4v) is 2.16. The minimum atomic E-state index is -0.618. The normalized spacial score (nSPS) is 10.8. The molecule has 0 aliphatic heterocycles. The molecule has 112 valence electrons. The van der Waals surface area contributed by atoms with E-state index in [2.05, 4.69) is 4.98 Å². The molecule has 7 nitrogen and oxygen atoms in total. The highest BCUT2D eigenvalue weighted by Gasteiger charge is 2.15. The summed E-state index contributed by atoms with van der Waals surface area (Å²) >= 11 is 0. The molecular weight excluding hydrogens is 274 g/mol. The maximum Gasteiger partial charge on any atom is 0.329 e. The molecule has 1 aromatic heterocycles. The summed E-state index contributed by atoms with van der Waals surface area (Å²) in [5, 5.41) is 9.26. The predicted octanol–water partition coefficient (Wildman–Crippen LogP) is -0.469. The zero-order valence-corrected chi connectivity index (χ0v) is 11.7. The van der Waals surface area contributed by atoms with E-state index in [1.54, 1.807) is 31.2 Å². The summed E-state index contributed by atoms with van der Waals surface area (Å²) in [5.74, 6) is -0.380. The average Bonchev–Trinajstić information content (AvgIpc) is 2.48. The Morgan fingerprint density at radius 1 is 1.33 bits per heavy atom. The lowest BCUT2D eigenvalue weighted by molar-refractivity contribution is -0.132. The number of amides is 1. The Labute approximate surface area is 120 Å². The summed E-state index contributed by atoms with van der Waals surface area (Å²) in [7, 11) is 0. The number of aromatic amines is 1. The summed E-state index contributed by atoms with van der Waals surface area (Å²) < 4.78 is 0.880. The SMILES string of the molecule is CCN(CCO)C(=O)Cn1c(=O)[nH]c2ccccc2c1=O. The van der Waals surface area contributed by atoms with Crippen LogP contribution in [0.1, 0.15) is 6.92 Å². The number of carbonyl (C=O) groups excluding carboxylic acids is 1. The standard InChI is InChI=1S/C14H17N3O4/c1-2-16(7-8-18)12(19)9-17-13(20)10-5-3-4-6-11(10)15-14(17)21/h3-6,18H,2,7-9H2,1H3,(H,15,21). The van der Waals surface area contributed by atoms with Crippen molar-refractivity contribution < 1.29 is 9.90 Å². The van der Waals surface area contributed by atoms with E-state index in [4.69, 9.17) is 5.11 Å². The quantitative estimate of drug-likeness (QED) is 0.778. The van der Waals surface area contributed by atoms with Gasteiger partial charge in [0.05, 0.1) is 17.5 Å². The van der Waals surface area contributed by atoms with Gasteiger partial charge in [-0.25, -0.2) is 4.79 Å². The number of nitrogens with zero attached hydrogens (tertiary/aromatic N) is 2. The number of likely N-dealkylation sites (N-methyl/N-ethyl adjacent to an activating group) is 1. The third kappa shape index (κ3) is 3.03. The Hall–Kier alpha value is -2.41. The molecule has 0 fully saturated rings. The maximum atomic E-state index is 12.3. The topological polar surface area (TPSA) is 95.4 Å². The molecule has 2 aromatic rings. The van der Waals surface area contributed by atoms with Crippen LogP contribution in [0.5, 0.6) is 0 Å². The van der Waals surface area contributed by atoms with Crippen LogP contribution in [-0.2, 0) is 11.3 Å². The smallest absolute Gasteiger partial charge is 0.329 e. The van der Waals surface area contributed by atoms with Gasteiger partial charge in [-0.2, -0.15) is 0 Å².